The maximum absolute atomic E-state index is 13.6. The molecule has 0 saturated heterocycles. The van der Waals surface area contributed by atoms with Crippen molar-refractivity contribution in [1.82, 2.24) is 4.90 Å². The highest BCUT2D eigenvalue weighted by Crippen LogP contribution is 2.39. The predicted molar refractivity (Wildman–Crippen MR) is 87.8 cm³/mol. The fourth-order valence-corrected chi connectivity index (χ4v) is 3.43. The first-order chi connectivity index (χ1) is 10.8. The van der Waals surface area contributed by atoms with Gasteiger partial charge in [-0.25, -0.2) is 4.39 Å². The number of anilines is 1. The molecule has 2 aliphatic heterocycles. The normalized spacial score (nSPS) is 19.8. The van der Waals surface area contributed by atoms with Gasteiger partial charge in [0.25, 0.3) is 0 Å². The molecular formula is C19H19FN2. The first-order valence-electron chi connectivity index (χ1n) is 7.83. The van der Waals surface area contributed by atoms with Gasteiger partial charge in [0.2, 0.25) is 0 Å². The van der Waals surface area contributed by atoms with Gasteiger partial charge < -0.3 is 10.2 Å². The summed E-state index contributed by atoms with van der Waals surface area (Å²) in [5.74, 6) is 0.323. The van der Waals surface area contributed by atoms with Crippen LogP contribution < -0.4 is 5.32 Å². The first kappa shape index (κ1) is 13.4. The van der Waals surface area contributed by atoms with E-state index < -0.39 is 0 Å². The molecule has 4 rings (SSSR count). The second-order valence-electron chi connectivity index (χ2n) is 6.10. The molecule has 2 heterocycles. The summed E-state index contributed by atoms with van der Waals surface area (Å²) in [6.45, 7) is 2.91. The van der Waals surface area contributed by atoms with Crippen molar-refractivity contribution < 1.29 is 4.39 Å². The molecular weight excluding hydrogens is 275 g/mol. The lowest BCUT2D eigenvalue weighted by atomic mass is 9.84. The summed E-state index contributed by atoms with van der Waals surface area (Å²) in [6.07, 6.45) is 3.35. The maximum atomic E-state index is 13.6. The molecule has 1 atom stereocenters. The molecule has 0 saturated carbocycles. The maximum Gasteiger partial charge on any atom is 0.123 e. The van der Waals surface area contributed by atoms with E-state index in [9.17, 15) is 4.39 Å². The number of nitrogens with one attached hydrogen (secondary N) is 1. The lowest BCUT2D eigenvalue weighted by Gasteiger charge is -2.36. The third-order valence-electron chi connectivity index (χ3n) is 4.59. The van der Waals surface area contributed by atoms with E-state index >= 15 is 0 Å². The number of benzene rings is 2. The zero-order valence-corrected chi connectivity index (χ0v) is 12.4. The Morgan fingerprint density at radius 3 is 2.86 bits per heavy atom. The minimum Gasteiger partial charge on any atom is -0.384 e. The van der Waals surface area contributed by atoms with Crippen molar-refractivity contribution in [3.63, 3.8) is 0 Å². The van der Waals surface area contributed by atoms with Crippen LogP contribution in [-0.4, -0.2) is 18.0 Å². The van der Waals surface area contributed by atoms with Gasteiger partial charge in [-0.15, -0.1) is 0 Å². The zero-order valence-electron chi connectivity index (χ0n) is 12.4. The molecule has 0 amide bonds. The Labute approximate surface area is 130 Å². The fourth-order valence-electron chi connectivity index (χ4n) is 3.43. The summed E-state index contributed by atoms with van der Waals surface area (Å²) in [5.41, 5.74) is 4.65. The lowest BCUT2D eigenvalue weighted by Crippen LogP contribution is -2.32. The summed E-state index contributed by atoms with van der Waals surface area (Å²) in [4.78, 5) is 2.35. The summed E-state index contributed by atoms with van der Waals surface area (Å²) in [6, 6.07) is 15.5. The van der Waals surface area contributed by atoms with E-state index in [2.05, 4.69) is 40.7 Å². The highest BCUT2D eigenvalue weighted by Gasteiger charge is 2.28. The van der Waals surface area contributed by atoms with Crippen LogP contribution in [0.2, 0.25) is 0 Å². The molecule has 0 spiro atoms. The Hall–Kier alpha value is -2.29. The van der Waals surface area contributed by atoms with Crippen LogP contribution in [0.3, 0.4) is 0 Å². The van der Waals surface area contributed by atoms with Gasteiger partial charge >= 0.3 is 0 Å². The van der Waals surface area contributed by atoms with E-state index in [1.54, 1.807) is 6.07 Å². The van der Waals surface area contributed by atoms with Gasteiger partial charge in [-0.2, -0.15) is 0 Å². The standard InChI is InChI=1S/C19H19FN2/c20-16-6-7-19-17(10-16)18-13-22(9-8-15(18)11-21-19)12-14-4-2-1-3-5-14/h1-7,10,13,15,21H,8-9,11-12H2. The molecule has 2 aromatic carbocycles. The Morgan fingerprint density at radius 1 is 1.14 bits per heavy atom. The van der Waals surface area contributed by atoms with Crippen LogP contribution in [0.25, 0.3) is 5.57 Å². The Kier molecular flexibility index (Phi) is 3.34. The minimum atomic E-state index is -0.165. The van der Waals surface area contributed by atoms with Crippen molar-refractivity contribution in [2.24, 2.45) is 5.92 Å². The summed E-state index contributed by atoms with van der Waals surface area (Å²) < 4.78 is 13.6. The number of hydrogen-bond acceptors (Lipinski definition) is 2. The average Bonchev–Trinajstić information content (AvgIpc) is 2.56. The zero-order chi connectivity index (χ0) is 14.9. The van der Waals surface area contributed by atoms with Crippen LogP contribution in [0.15, 0.2) is 54.7 Å². The van der Waals surface area contributed by atoms with Crippen molar-refractivity contribution in [1.29, 1.82) is 0 Å². The molecule has 0 aromatic heterocycles. The molecule has 0 fully saturated rings. The molecule has 22 heavy (non-hydrogen) atoms. The summed E-state index contributed by atoms with van der Waals surface area (Å²) in [7, 11) is 0. The molecule has 112 valence electrons. The van der Waals surface area contributed by atoms with Crippen LogP contribution in [0.4, 0.5) is 10.1 Å². The topological polar surface area (TPSA) is 15.3 Å². The highest BCUT2D eigenvalue weighted by molar-refractivity contribution is 5.80. The molecule has 0 bridgehead atoms. The van der Waals surface area contributed by atoms with Gasteiger partial charge in [-0.1, -0.05) is 30.3 Å². The van der Waals surface area contributed by atoms with Gasteiger partial charge in [-0.3, -0.25) is 0 Å². The quantitative estimate of drug-likeness (QED) is 0.896. The Bertz CT molecular complexity index is 709. The van der Waals surface area contributed by atoms with E-state index in [1.807, 2.05) is 12.1 Å². The summed E-state index contributed by atoms with van der Waals surface area (Å²) >= 11 is 0. The van der Waals surface area contributed by atoms with E-state index in [0.29, 0.717) is 5.92 Å². The third-order valence-corrected chi connectivity index (χ3v) is 4.59. The molecule has 1 unspecified atom stereocenters. The van der Waals surface area contributed by atoms with Crippen molar-refractivity contribution >= 4 is 11.3 Å². The van der Waals surface area contributed by atoms with E-state index in [0.717, 1.165) is 37.3 Å². The van der Waals surface area contributed by atoms with Crippen molar-refractivity contribution in [2.45, 2.75) is 13.0 Å². The highest BCUT2D eigenvalue weighted by atomic mass is 19.1. The first-order valence-corrected chi connectivity index (χ1v) is 7.83. The molecule has 2 aliphatic rings. The van der Waals surface area contributed by atoms with E-state index in [1.165, 1.54) is 17.2 Å². The second-order valence-corrected chi connectivity index (χ2v) is 6.10. The SMILES string of the molecule is Fc1ccc2c(c1)C1=CN(Cc3ccccc3)CCC1CN2. The van der Waals surface area contributed by atoms with Gasteiger partial charge in [0, 0.05) is 43.0 Å². The summed E-state index contributed by atoms with van der Waals surface area (Å²) in [5, 5.41) is 3.43. The van der Waals surface area contributed by atoms with Gasteiger partial charge in [-0.05, 0) is 35.8 Å². The fraction of sp³-hybridized carbons (Fsp3) is 0.263. The largest absolute Gasteiger partial charge is 0.384 e. The third kappa shape index (κ3) is 2.47. The Morgan fingerprint density at radius 2 is 2.00 bits per heavy atom. The smallest absolute Gasteiger partial charge is 0.123 e. The number of rotatable bonds is 2. The van der Waals surface area contributed by atoms with Crippen LogP contribution in [-0.2, 0) is 6.54 Å². The molecule has 2 nitrogen and oxygen atoms in total. The van der Waals surface area contributed by atoms with E-state index in [-0.39, 0.29) is 5.82 Å². The van der Waals surface area contributed by atoms with Crippen LogP contribution >= 0.6 is 0 Å². The van der Waals surface area contributed by atoms with Crippen molar-refractivity contribution in [2.75, 3.05) is 18.4 Å². The number of nitrogens with zero attached hydrogens (tertiary/aromatic N) is 1. The monoisotopic (exact) mass is 294 g/mol. The molecule has 2 aromatic rings. The van der Waals surface area contributed by atoms with Gasteiger partial charge in [0.15, 0.2) is 0 Å². The van der Waals surface area contributed by atoms with Crippen molar-refractivity contribution in [3.05, 3.63) is 71.7 Å². The minimum absolute atomic E-state index is 0.165. The van der Waals surface area contributed by atoms with E-state index in [4.69, 9.17) is 0 Å². The average molecular weight is 294 g/mol. The number of hydrogen-bond donors (Lipinski definition) is 1. The van der Waals surface area contributed by atoms with Gasteiger partial charge in [0.05, 0.1) is 0 Å². The van der Waals surface area contributed by atoms with Crippen molar-refractivity contribution in [3.8, 4) is 0 Å². The molecule has 0 aliphatic carbocycles. The second kappa shape index (κ2) is 5.48. The van der Waals surface area contributed by atoms with Crippen LogP contribution in [0.1, 0.15) is 17.5 Å². The van der Waals surface area contributed by atoms with Crippen LogP contribution in [0.5, 0.6) is 0 Å². The molecule has 0 radical (unpaired) electrons. The molecule has 3 heteroatoms. The molecule has 1 N–H and O–H groups in total. The number of fused-ring (bicyclic) bond motifs is 3. The van der Waals surface area contributed by atoms with Gasteiger partial charge in [0.1, 0.15) is 5.82 Å². The Balaban J connectivity index is 1.66. The van der Waals surface area contributed by atoms with Crippen LogP contribution in [0, 0.1) is 11.7 Å². The lowest BCUT2D eigenvalue weighted by molar-refractivity contribution is 0.326. The predicted octanol–water partition coefficient (Wildman–Crippen LogP) is 4.11. The number of halogens is 1.